The monoisotopic (exact) mass is 234 g/mol. The first kappa shape index (κ1) is 12.4. The molecule has 2 rings (SSSR count). The second-order valence-electron chi connectivity index (χ2n) is 5.00. The van der Waals surface area contributed by atoms with Crippen LogP contribution in [0.5, 0.6) is 0 Å². The summed E-state index contributed by atoms with van der Waals surface area (Å²) < 4.78 is 0. The molecule has 1 saturated carbocycles. The Morgan fingerprint density at radius 3 is 2.82 bits per heavy atom. The van der Waals surface area contributed by atoms with Crippen molar-refractivity contribution in [3.63, 3.8) is 0 Å². The summed E-state index contributed by atoms with van der Waals surface area (Å²) in [7, 11) is 0. The molecule has 94 valence electrons. The highest BCUT2D eigenvalue weighted by molar-refractivity contribution is 5.53. The van der Waals surface area contributed by atoms with Gasteiger partial charge in [0.2, 0.25) is 0 Å². The zero-order valence-electron chi connectivity index (χ0n) is 10.8. The number of aromatic nitrogens is 1. The Kier molecular flexibility index (Phi) is 4.00. The molecule has 1 fully saturated rings. The van der Waals surface area contributed by atoms with E-state index in [4.69, 9.17) is 0 Å². The number of pyridine rings is 1. The van der Waals surface area contributed by atoms with Crippen LogP contribution in [0.2, 0.25) is 0 Å². The van der Waals surface area contributed by atoms with Crippen LogP contribution in [0.1, 0.15) is 37.4 Å². The van der Waals surface area contributed by atoms with E-state index in [-0.39, 0.29) is 6.61 Å². The molecule has 1 heterocycles. The molecule has 3 nitrogen and oxygen atoms in total. The van der Waals surface area contributed by atoms with Crippen LogP contribution in [0.25, 0.3) is 0 Å². The Balaban J connectivity index is 2.22. The first-order chi connectivity index (χ1) is 8.24. The van der Waals surface area contributed by atoms with Crippen molar-refractivity contribution in [3.8, 4) is 0 Å². The second-order valence-corrected chi connectivity index (χ2v) is 5.00. The van der Waals surface area contributed by atoms with Crippen LogP contribution < -0.4 is 4.90 Å². The average molecular weight is 234 g/mol. The lowest BCUT2D eigenvalue weighted by Crippen LogP contribution is -2.27. The summed E-state index contributed by atoms with van der Waals surface area (Å²) in [5, 5.41) is 9.41. The SMILES string of the molecule is CCCN(CC1CC1)c1cc(C)ncc1CO. The molecule has 1 aliphatic carbocycles. The van der Waals surface area contributed by atoms with Crippen molar-refractivity contribution in [1.29, 1.82) is 0 Å². The van der Waals surface area contributed by atoms with Gasteiger partial charge < -0.3 is 10.0 Å². The van der Waals surface area contributed by atoms with Crippen LogP contribution in [0.3, 0.4) is 0 Å². The maximum Gasteiger partial charge on any atom is 0.0717 e. The largest absolute Gasteiger partial charge is 0.392 e. The zero-order chi connectivity index (χ0) is 12.3. The highest BCUT2D eigenvalue weighted by atomic mass is 16.3. The second kappa shape index (κ2) is 5.50. The predicted molar refractivity (Wildman–Crippen MR) is 70.1 cm³/mol. The zero-order valence-corrected chi connectivity index (χ0v) is 10.8. The van der Waals surface area contributed by atoms with Crippen LogP contribution >= 0.6 is 0 Å². The van der Waals surface area contributed by atoms with Crippen molar-refractivity contribution in [2.24, 2.45) is 5.92 Å². The molecule has 0 unspecified atom stereocenters. The molecule has 0 bridgehead atoms. The molecule has 0 radical (unpaired) electrons. The summed E-state index contributed by atoms with van der Waals surface area (Å²) in [6, 6.07) is 2.10. The van der Waals surface area contributed by atoms with E-state index in [1.807, 2.05) is 6.92 Å². The topological polar surface area (TPSA) is 36.4 Å². The third-order valence-electron chi connectivity index (χ3n) is 3.28. The standard InChI is InChI=1S/C14H22N2O/c1-3-6-16(9-12-4-5-12)14-7-11(2)15-8-13(14)10-17/h7-8,12,17H,3-6,9-10H2,1-2H3. The normalized spacial score (nSPS) is 15.0. The van der Waals surface area contributed by atoms with Gasteiger partial charge in [0, 0.05) is 36.2 Å². The van der Waals surface area contributed by atoms with Gasteiger partial charge in [-0.05, 0) is 38.2 Å². The lowest BCUT2D eigenvalue weighted by atomic mass is 10.1. The van der Waals surface area contributed by atoms with E-state index in [9.17, 15) is 5.11 Å². The molecule has 0 aromatic carbocycles. The van der Waals surface area contributed by atoms with Crippen molar-refractivity contribution >= 4 is 5.69 Å². The molecule has 1 aromatic rings. The molecule has 3 heteroatoms. The number of hydrogen-bond acceptors (Lipinski definition) is 3. The summed E-state index contributed by atoms with van der Waals surface area (Å²) in [6.07, 6.45) is 5.66. The highest BCUT2D eigenvalue weighted by Crippen LogP contribution is 2.32. The van der Waals surface area contributed by atoms with Gasteiger partial charge in [0.05, 0.1) is 6.61 Å². The maximum absolute atomic E-state index is 9.41. The van der Waals surface area contributed by atoms with E-state index < -0.39 is 0 Å². The molecule has 0 spiro atoms. The maximum atomic E-state index is 9.41. The van der Waals surface area contributed by atoms with Crippen molar-refractivity contribution < 1.29 is 5.11 Å². The van der Waals surface area contributed by atoms with Gasteiger partial charge in [0.15, 0.2) is 0 Å². The molecule has 1 aromatic heterocycles. The summed E-state index contributed by atoms with van der Waals surface area (Å²) >= 11 is 0. The predicted octanol–water partition coefficient (Wildman–Crippen LogP) is 2.51. The van der Waals surface area contributed by atoms with Gasteiger partial charge in [-0.15, -0.1) is 0 Å². The van der Waals surface area contributed by atoms with E-state index in [0.29, 0.717) is 0 Å². The fourth-order valence-corrected chi connectivity index (χ4v) is 2.18. The number of anilines is 1. The van der Waals surface area contributed by atoms with Gasteiger partial charge in [-0.1, -0.05) is 6.92 Å². The molecule has 1 aliphatic rings. The number of aryl methyl sites for hydroxylation is 1. The summed E-state index contributed by atoms with van der Waals surface area (Å²) in [4.78, 5) is 6.68. The van der Waals surface area contributed by atoms with Crippen LogP contribution in [0.15, 0.2) is 12.3 Å². The molecule has 17 heavy (non-hydrogen) atoms. The van der Waals surface area contributed by atoms with E-state index in [1.165, 1.54) is 18.5 Å². The van der Waals surface area contributed by atoms with Crippen molar-refractivity contribution in [3.05, 3.63) is 23.5 Å². The Morgan fingerprint density at radius 2 is 2.24 bits per heavy atom. The minimum Gasteiger partial charge on any atom is -0.392 e. The third kappa shape index (κ3) is 3.19. The number of rotatable bonds is 6. The van der Waals surface area contributed by atoms with Crippen LogP contribution in [0, 0.1) is 12.8 Å². The fourth-order valence-electron chi connectivity index (χ4n) is 2.18. The summed E-state index contributed by atoms with van der Waals surface area (Å²) in [5.41, 5.74) is 3.15. The lowest BCUT2D eigenvalue weighted by molar-refractivity contribution is 0.281. The molecular weight excluding hydrogens is 212 g/mol. The van der Waals surface area contributed by atoms with Crippen LogP contribution in [-0.4, -0.2) is 23.2 Å². The highest BCUT2D eigenvalue weighted by Gasteiger charge is 2.25. The Bertz CT molecular complexity index is 374. The quantitative estimate of drug-likeness (QED) is 0.821. The third-order valence-corrected chi connectivity index (χ3v) is 3.28. The van der Waals surface area contributed by atoms with Gasteiger partial charge in [0.25, 0.3) is 0 Å². The van der Waals surface area contributed by atoms with E-state index in [2.05, 4.69) is 22.9 Å². The van der Waals surface area contributed by atoms with Crippen LogP contribution in [-0.2, 0) is 6.61 Å². The van der Waals surface area contributed by atoms with Crippen molar-refractivity contribution in [2.45, 2.75) is 39.7 Å². The smallest absolute Gasteiger partial charge is 0.0717 e. The number of hydrogen-bond donors (Lipinski definition) is 1. The Labute approximate surface area is 103 Å². The van der Waals surface area contributed by atoms with Crippen molar-refractivity contribution in [1.82, 2.24) is 4.98 Å². The number of aliphatic hydroxyl groups excluding tert-OH is 1. The molecule has 0 aliphatic heterocycles. The Hall–Kier alpha value is -1.09. The lowest BCUT2D eigenvalue weighted by Gasteiger charge is -2.26. The molecule has 1 N–H and O–H groups in total. The summed E-state index contributed by atoms with van der Waals surface area (Å²) in [5.74, 6) is 0.863. The first-order valence-corrected chi connectivity index (χ1v) is 6.56. The van der Waals surface area contributed by atoms with Gasteiger partial charge in [-0.3, -0.25) is 4.98 Å². The van der Waals surface area contributed by atoms with Crippen LogP contribution in [0.4, 0.5) is 5.69 Å². The molecule has 0 amide bonds. The minimum absolute atomic E-state index is 0.0769. The number of nitrogens with zero attached hydrogens (tertiary/aromatic N) is 2. The van der Waals surface area contributed by atoms with Gasteiger partial charge in [-0.25, -0.2) is 0 Å². The van der Waals surface area contributed by atoms with E-state index in [0.717, 1.165) is 36.7 Å². The van der Waals surface area contributed by atoms with Gasteiger partial charge in [0.1, 0.15) is 0 Å². The van der Waals surface area contributed by atoms with Gasteiger partial charge in [-0.2, -0.15) is 0 Å². The fraction of sp³-hybridized carbons (Fsp3) is 0.643. The average Bonchev–Trinajstić information content (AvgIpc) is 3.12. The summed E-state index contributed by atoms with van der Waals surface area (Å²) in [6.45, 7) is 6.48. The first-order valence-electron chi connectivity index (χ1n) is 6.56. The molecule has 0 saturated heterocycles. The molecular formula is C14H22N2O. The van der Waals surface area contributed by atoms with E-state index >= 15 is 0 Å². The van der Waals surface area contributed by atoms with Crippen molar-refractivity contribution in [2.75, 3.05) is 18.0 Å². The van der Waals surface area contributed by atoms with Gasteiger partial charge >= 0.3 is 0 Å². The number of aliphatic hydroxyl groups is 1. The van der Waals surface area contributed by atoms with E-state index in [1.54, 1.807) is 6.20 Å². The molecule has 0 atom stereocenters. The Morgan fingerprint density at radius 1 is 1.47 bits per heavy atom. The minimum atomic E-state index is 0.0769.